The summed E-state index contributed by atoms with van der Waals surface area (Å²) < 4.78 is 5.13. The van der Waals surface area contributed by atoms with Crippen molar-refractivity contribution in [2.24, 2.45) is 0 Å². The minimum Gasteiger partial charge on any atom is -0.468 e. The van der Waals surface area contributed by atoms with E-state index in [9.17, 15) is 9.59 Å². The molecule has 23 heavy (non-hydrogen) atoms. The Labute approximate surface area is 141 Å². The van der Waals surface area contributed by atoms with E-state index < -0.39 is 6.03 Å². The number of benzene rings is 1. The zero-order valence-corrected chi connectivity index (χ0v) is 14.5. The molecule has 1 aromatic heterocycles. The van der Waals surface area contributed by atoms with Crippen LogP contribution in [0.3, 0.4) is 0 Å². The number of carbonyl (C=O) groups excluding carboxylic acids is 2. The van der Waals surface area contributed by atoms with Gasteiger partial charge in [-0.05, 0) is 37.1 Å². The Balaban J connectivity index is 1.89. The molecule has 0 bridgehead atoms. The SMILES string of the molecule is COC(=O)CSc1nnc(NC(=O)Nc2ccc(C)c(C)c2)s1. The van der Waals surface area contributed by atoms with Gasteiger partial charge in [-0.2, -0.15) is 0 Å². The van der Waals surface area contributed by atoms with Crippen molar-refractivity contribution >= 4 is 45.9 Å². The molecular weight excluding hydrogens is 336 g/mol. The highest BCUT2D eigenvalue weighted by Gasteiger charge is 2.10. The molecule has 2 amide bonds. The molecule has 2 N–H and O–H groups in total. The molecule has 2 aromatic rings. The standard InChI is InChI=1S/C14H16N4O3S2/c1-8-4-5-10(6-9(8)2)15-12(20)16-13-17-18-14(23-13)22-7-11(19)21-3/h4-6H,7H2,1-3H3,(H2,15,16,17,20). The molecule has 0 aliphatic heterocycles. The molecule has 0 fully saturated rings. The van der Waals surface area contributed by atoms with Crippen molar-refractivity contribution in [2.45, 2.75) is 18.2 Å². The lowest BCUT2D eigenvalue weighted by Crippen LogP contribution is -2.19. The molecule has 0 radical (unpaired) electrons. The summed E-state index contributed by atoms with van der Waals surface area (Å²) in [5.74, 6) is -0.188. The third-order valence-electron chi connectivity index (χ3n) is 2.93. The third kappa shape index (κ3) is 5.22. The number of urea groups is 1. The van der Waals surface area contributed by atoms with Crippen molar-refractivity contribution in [1.29, 1.82) is 0 Å². The van der Waals surface area contributed by atoms with Gasteiger partial charge in [-0.25, -0.2) is 4.79 Å². The Morgan fingerprint density at radius 3 is 2.70 bits per heavy atom. The van der Waals surface area contributed by atoms with Gasteiger partial charge in [0.15, 0.2) is 4.34 Å². The van der Waals surface area contributed by atoms with Crippen LogP contribution in [0.25, 0.3) is 0 Å². The summed E-state index contributed by atoms with van der Waals surface area (Å²) in [4.78, 5) is 23.0. The van der Waals surface area contributed by atoms with Crippen molar-refractivity contribution in [3.8, 4) is 0 Å². The van der Waals surface area contributed by atoms with E-state index in [-0.39, 0.29) is 11.7 Å². The summed E-state index contributed by atoms with van der Waals surface area (Å²) in [7, 11) is 1.33. The fourth-order valence-corrected chi connectivity index (χ4v) is 3.16. The molecule has 0 unspecified atom stereocenters. The smallest absolute Gasteiger partial charge is 0.325 e. The van der Waals surface area contributed by atoms with Gasteiger partial charge in [-0.1, -0.05) is 29.2 Å². The first-order chi connectivity index (χ1) is 11.0. The van der Waals surface area contributed by atoms with Crippen LogP contribution in [0.5, 0.6) is 0 Å². The third-order valence-corrected chi connectivity index (χ3v) is 4.88. The lowest BCUT2D eigenvalue weighted by Gasteiger charge is -2.07. The largest absolute Gasteiger partial charge is 0.468 e. The van der Waals surface area contributed by atoms with Gasteiger partial charge in [0.1, 0.15) is 0 Å². The number of amides is 2. The second-order valence-corrected chi connectivity index (χ2v) is 6.82. The Morgan fingerprint density at radius 1 is 1.22 bits per heavy atom. The van der Waals surface area contributed by atoms with E-state index in [0.29, 0.717) is 15.2 Å². The predicted molar refractivity (Wildman–Crippen MR) is 91.2 cm³/mol. The molecule has 1 heterocycles. The topological polar surface area (TPSA) is 93.2 Å². The number of anilines is 2. The van der Waals surface area contributed by atoms with Gasteiger partial charge in [0.05, 0.1) is 12.9 Å². The molecule has 1 aromatic carbocycles. The molecule has 0 saturated carbocycles. The van der Waals surface area contributed by atoms with Crippen LogP contribution in [0.2, 0.25) is 0 Å². The quantitative estimate of drug-likeness (QED) is 0.488. The number of hydrogen-bond acceptors (Lipinski definition) is 7. The summed E-state index contributed by atoms with van der Waals surface area (Å²) in [6.07, 6.45) is 0. The molecule has 0 atom stereocenters. The van der Waals surface area contributed by atoms with Crippen LogP contribution in [0.1, 0.15) is 11.1 Å². The number of methoxy groups -OCH3 is 1. The maximum Gasteiger partial charge on any atom is 0.325 e. The van der Waals surface area contributed by atoms with Gasteiger partial charge in [-0.3, -0.25) is 10.1 Å². The van der Waals surface area contributed by atoms with Gasteiger partial charge in [0.25, 0.3) is 0 Å². The number of ether oxygens (including phenoxy) is 1. The van der Waals surface area contributed by atoms with Crippen LogP contribution in [-0.2, 0) is 9.53 Å². The van der Waals surface area contributed by atoms with Crippen LogP contribution in [0.4, 0.5) is 15.6 Å². The lowest BCUT2D eigenvalue weighted by molar-refractivity contribution is -0.137. The van der Waals surface area contributed by atoms with Crippen LogP contribution < -0.4 is 10.6 Å². The average Bonchev–Trinajstić information content (AvgIpc) is 2.95. The maximum atomic E-state index is 11.9. The molecule has 0 aliphatic carbocycles. The Bertz CT molecular complexity index is 718. The number of aromatic nitrogens is 2. The van der Waals surface area contributed by atoms with Crippen LogP contribution >= 0.6 is 23.1 Å². The van der Waals surface area contributed by atoms with E-state index >= 15 is 0 Å². The number of rotatable bonds is 5. The number of esters is 1. The summed E-state index contributed by atoms with van der Waals surface area (Å²) in [5, 5.41) is 13.5. The Hall–Kier alpha value is -2.13. The van der Waals surface area contributed by atoms with Crippen molar-refractivity contribution in [3.63, 3.8) is 0 Å². The van der Waals surface area contributed by atoms with Gasteiger partial charge in [0, 0.05) is 5.69 Å². The molecule has 2 rings (SSSR count). The van der Waals surface area contributed by atoms with E-state index in [4.69, 9.17) is 0 Å². The summed E-state index contributed by atoms with van der Waals surface area (Å²) in [6.45, 7) is 3.99. The fraction of sp³-hybridized carbons (Fsp3) is 0.286. The molecule has 0 spiro atoms. The number of carbonyl (C=O) groups is 2. The first-order valence-corrected chi connectivity index (χ1v) is 8.46. The number of aryl methyl sites for hydroxylation is 2. The van der Waals surface area contributed by atoms with Crippen molar-refractivity contribution in [2.75, 3.05) is 23.5 Å². The first kappa shape index (κ1) is 17.2. The summed E-state index contributed by atoms with van der Waals surface area (Å²) >= 11 is 2.40. The second-order valence-electron chi connectivity index (χ2n) is 4.62. The van der Waals surface area contributed by atoms with Crippen LogP contribution in [0, 0.1) is 13.8 Å². The zero-order chi connectivity index (χ0) is 16.8. The zero-order valence-electron chi connectivity index (χ0n) is 12.9. The normalized spacial score (nSPS) is 10.2. The van der Waals surface area contributed by atoms with Crippen LogP contribution in [0.15, 0.2) is 22.5 Å². The van der Waals surface area contributed by atoms with Gasteiger partial charge in [-0.15, -0.1) is 10.2 Å². The summed E-state index contributed by atoms with van der Waals surface area (Å²) in [6, 6.07) is 5.28. The fourth-order valence-electron chi connectivity index (χ4n) is 1.58. The monoisotopic (exact) mass is 352 g/mol. The van der Waals surface area contributed by atoms with Crippen molar-refractivity contribution < 1.29 is 14.3 Å². The highest BCUT2D eigenvalue weighted by molar-refractivity contribution is 8.01. The minimum absolute atomic E-state index is 0.153. The van der Waals surface area contributed by atoms with Gasteiger partial charge in [0.2, 0.25) is 5.13 Å². The van der Waals surface area contributed by atoms with Gasteiger partial charge < -0.3 is 10.1 Å². The number of hydrogen-bond donors (Lipinski definition) is 2. The van der Waals surface area contributed by atoms with E-state index in [0.717, 1.165) is 11.1 Å². The van der Waals surface area contributed by atoms with E-state index in [1.165, 1.54) is 30.2 Å². The maximum absolute atomic E-state index is 11.9. The second kappa shape index (κ2) is 7.93. The number of nitrogens with zero attached hydrogens (tertiary/aromatic N) is 2. The number of thioether (sulfide) groups is 1. The lowest BCUT2D eigenvalue weighted by atomic mass is 10.1. The highest BCUT2D eigenvalue weighted by atomic mass is 32.2. The Kier molecular flexibility index (Phi) is 5.94. The minimum atomic E-state index is -0.395. The molecule has 0 aliphatic rings. The van der Waals surface area contributed by atoms with E-state index in [1.54, 1.807) is 0 Å². The predicted octanol–water partition coefficient (Wildman–Crippen LogP) is 3.06. The molecule has 0 saturated heterocycles. The Morgan fingerprint density at radius 2 is 2.00 bits per heavy atom. The number of nitrogens with one attached hydrogen (secondary N) is 2. The molecule has 122 valence electrons. The van der Waals surface area contributed by atoms with E-state index in [1.807, 2.05) is 32.0 Å². The molecule has 7 nitrogen and oxygen atoms in total. The van der Waals surface area contributed by atoms with Crippen LogP contribution in [-0.4, -0.2) is 35.1 Å². The first-order valence-electron chi connectivity index (χ1n) is 6.66. The van der Waals surface area contributed by atoms with E-state index in [2.05, 4.69) is 25.6 Å². The van der Waals surface area contributed by atoms with Gasteiger partial charge >= 0.3 is 12.0 Å². The summed E-state index contributed by atoms with van der Waals surface area (Å²) in [5.41, 5.74) is 2.96. The highest BCUT2D eigenvalue weighted by Crippen LogP contribution is 2.25. The van der Waals surface area contributed by atoms with Crippen molar-refractivity contribution in [1.82, 2.24) is 10.2 Å². The van der Waals surface area contributed by atoms with Crippen molar-refractivity contribution in [3.05, 3.63) is 29.3 Å². The molecular formula is C14H16N4O3S2. The average molecular weight is 352 g/mol. The molecule has 9 heteroatoms.